The van der Waals surface area contributed by atoms with Crippen LogP contribution in [0.2, 0.25) is 0 Å². The lowest BCUT2D eigenvalue weighted by atomic mass is 10.2. The average molecular weight is 353 g/mol. The molecule has 0 saturated carbocycles. The number of likely N-dealkylation sites (tertiary alicyclic amines) is 1. The highest BCUT2D eigenvalue weighted by atomic mass is 16.5. The van der Waals surface area contributed by atoms with Gasteiger partial charge in [-0.3, -0.25) is 9.69 Å². The standard InChI is InChI=1S/C20H23N3O3/c21-18-3-1-2-4-19(18)22-20(24)14-5-7-16(8-6-14)26-17-9-10-23(11-17)15-12-25-13-15/h1-8,15,17H,9-13,21H2,(H,22,24)/t17-/m1/s1. The zero-order chi connectivity index (χ0) is 17.9. The third-order valence-electron chi connectivity index (χ3n) is 4.94. The fraction of sp³-hybridized carbons (Fsp3) is 0.350. The minimum atomic E-state index is -0.188. The van der Waals surface area contributed by atoms with Crippen LogP contribution < -0.4 is 15.8 Å². The number of nitrogens with one attached hydrogen (secondary N) is 1. The van der Waals surface area contributed by atoms with Gasteiger partial charge >= 0.3 is 0 Å². The van der Waals surface area contributed by atoms with Crippen LogP contribution in [0.5, 0.6) is 5.75 Å². The number of para-hydroxylation sites is 2. The number of hydrogen-bond donors (Lipinski definition) is 2. The second-order valence-corrected chi connectivity index (χ2v) is 6.78. The molecule has 26 heavy (non-hydrogen) atoms. The van der Waals surface area contributed by atoms with E-state index >= 15 is 0 Å². The molecule has 0 spiro atoms. The SMILES string of the molecule is Nc1ccccc1NC(=O)c1ccc(O[C@@H]2CCN(C3COC3)C2)cc1. The average Bonchev–Trinajstić information content (AvgIpc) is 3.04. The summed E-state index contributed by atoms with van der Waals surface area (Å²) in [5.41, 5.74) is 7.59. The van der Waals surface area contributed by atoms with E-state index in [4.69, 9.17) is 15.2 Å². The van der Waals surface area contributed by atoms with Crippen LogP contribution in [0.25, 0.3) is 0 Å². The van der Waals surface area contributed by atoms with Gasteiger partial charge in [0.1, 0.15) is 11.9 Å². The number of amides is 1. The van der Waals surface area contributed by atoms with Gasteiger partial charge in [0.25, 0.3) is 5.91 Å². The molecule has 0 aromatic heterocycles. The number of nitrogens with two attached hydrogens (primary N) is 1. The number of anilines is 2. The summed E-state index contributed by atoms with van der Waals surface area (Å²) in [5, 5.41) is 2.83. The number of nitrogen functional groups attached to an aromatic ring is 1. The topological polar surface area (TPSA) is 76.8 Å². The second-order valence-electron chi connectivity index (χ2n) is 6.78. The first kappa shape index (κ1) is 16.9. The van der Waals surface area contributed by atoms with Crippen molar-refractivity contribution < 1.29 is 14.3 Å². The Kier molecular flexibility index (Phi) is 4.77. The summed E-state index contributed by atoms with van der Waals surface area (Å²) in [5.74, 6) is 0.601. The third kappa shape index (κ3) is 3.66. The molecule has 6 nitrogen and oxygen atoms in total. The molecule has 0 bridgehead atoms. The summed E-state index contributed by atoms with van der Waals surface area (Å²) in [6.45, 7) is 3.66. The highest BCUT2D eigenvalue weighted by Gasteiger charge is 2.33. The molecule has 2 aromatic rings. The molecule has 6 heteroatoms. The lowest BCUT2D eigenvalue weighted by Crippen LogP contribution is -2.48. The lowest BCUT2D eigenvalue weighted by Gasteiger charge is -2.34. The maximum Gasteiger partial charge on any atom is 0.255 e. The van der Waals surface area contributed by atoms with Crippen molar-refractivity contribution >= 4 is 17.3 Å². The van der Waals surface area contributed by atoms with E-state index in [0.717, 1.165) is 38.5 Å². The smallest absolute Gasteiger partial charge is 0.255 e. The highest BCUT2D eigenvalue weighted by Crippen LogP contribution is 2.23. The summed E-state index contributed by atoms with van der Waals surface area (Å²) in [6, 6.07) is 15.0. The molecule has 1 amide bonds. The molecule has 2 fully saturated rings. The summed E-state index contributed by atoms with van der Waals surface area (Å²) in [4.78, 5) is 14.8. The van der Waals surface area contributed by atoms with Gasteiger partial charge in [-0.05, 0) is 42.8 Å². The Hall–Kier alpha value is -2.57. The van der Waals surface area contributed by atoms with Gasteiger partial charge in [-0.15, -0.1) is 0 Å². The maximum atomic E-state index is 12.4. The monoisotopic (exact) mass is 353 g/mol. The molecule has 2 aromatic carbocycles. The largest absolute Gasteiger partial charge is 0.489 e. The van der Waals surface area contributed by atoms with Crippen LogP contribution in [-0.2, 0) is 4.74 Å². The molecule has 1 atom stereocenters. The van der Waals surface area contributed by atoms with Gasteiger partial charge in [-0.25, -0.2) is 0 Å². The molecule has 4 rings (SSSR count). The molecular weight excluding hydrogens is 330 g/mol. The van der Waals surface area contributed by atoms with Crippen LogP contribution in [0.15, 0.2) is 48.5 Å². The Bertz CT molecular complexity index is 774. The van der Waals surface area contributed by atoms with Gasteiger partial charge in [0.05, 0.1) is 30.6 Å². The van der Waals surface area contributed by atoms with Crippen molar-refractivity contribution in [3.63, 3.8) is 0 Å². The molecule has 2 aliphatic heterocycles. The molecule has 2 aliphatic rings. The molecule has 136 valence electrons. The van der Waals surface area contributed by atoms with Crippen molar-refractivity contribution in [2.45, 2.75) is 18.6 Å². The van der Waals surface area contributed by atoms with Crippen LogP contribution in [0.1, 0.15) is 16.8 Å². The van der Waals surface area contributed by atoms with E-state index in [1.807, 2.05) is 24.3 Å². The van der Waals surface area contributed by atoms with Crippen molar-refractivity contribution in [1.82, 2.24) is 4.90 Å². The minimum Gasteiger partial charge on any atom is -0.489 e. The number of carbonyl (C=O) groups excluding carboxylic acids is 1. The molecule has 2 heterocycles. The zero-order valence-electron chi connectivity index (χ0n) is 14.6. The van der Waals surface area contributed by atoms with Crippen molar-refractivity contribution in [1.29, 1.82) is 0 Å². The van der Waals surface area contributed by atoms with Crippen molar-refractivity contribution in [2.24, 2.45) is 0 Å². The van der Waals surface area contributed by atoms with E-state index in [2.05, 4.69) is 10.2 Å². The zero-order valence-corrected chi connectivity index (χ0v) is 14.6. The minimum absolute atomic E-state index is 0.188. The Balaban J connectivity index is 1.33. The Morgan fingerprint density at radius 1 is 1.15 bits per heavy atom. The summed E-state index contributed by atoms with van der Waals surface area (Å²) >= 11 is 0. The summed E-state index contributed by atoms with van der Waals surface area (Å²) in [7, 11) is 0. The Labute approximate surface area is 152 Å². The molecule has 0 aliphatic carbocycles. The van der Waals surface area contributed by atoms with Gasteiger partial charge in [-0.1, -0.05) is 12.1 Å². The van der Waals surface area contributed by atoms with Gasteiger partial charge < -0.3 is 20.5 Å². The first-order valence-electron chi connectivity index (χ1n) is 8.93. The Morgan fingerprint density at radius 2 is 1.92 bits per heavy atom. The molecule has 3 N–H and O–H groups in total. The second kappa shape index (κ2) is 7.35. The number of ether oxygens (including phenoxy) is 2. The predicted octanol–water partition coefficient (Wildman–Crippen LogP) is 2.37. The van der Waals surface area contributed by atoms with Crippen LogP contribution in [0.4, 0.5) is 11.4 Å². The summed E-state index contributed by atoms with van der Waals surface area (Å²) in [6.07, 6.45) is 1.21. The van der Waals surface area contributed by atoms with Crippen LogP contribution >= 0.6 is 0 Å². The van der Waals surface area contributed by atoms with Crippen molar-refractivity contribution in [2.75, 3.05) is 37.4 Å². The van der Waals surface area contributed by atoms with E-state index in [1.54, 1.807) is 24.3 Å². The van der Waals surface area contributed by atoms with Gasteiger partial charge in [0.15, 0.2) is 0 Å². The van der Waals surface area contributed by atoms with Crippen molar-refractivity contribution in [3.05, 3.63) is 54.1 Å². The number of carbonyl (C=O) groups is 1. The highest BCUT2D eigenvalue weighted by molar-refractivity contribution is 6.05. The van der Waals surface area contributed by atoms with Crippen LogP contribution in [-0.4, -0.2) is 49.3 Å². The molecule has 0 radical (unpaired) electrons. The van der Waals surface area contributed by atoms with Crippen LogP contribution in [0, 0.1) is 0 Å². The first-order chi connectivity index (χ1) is 12.7. The first-order valence-corrected chi connectivity index (χ1v) is 8.93. The number of nitrogens with zero attached hydrogens (tertiary/aromatic N) is 1. The van der Waals surface area contributed by atoms with E-state index in [1.165, 1.54) is 0 Å². The normalized spacial score (nSPS) is 20.5. The maximum absolute atomic E-state index is 12.4. The van der Waals surface area contributed by atoms with E-state index in [-0.39, 0.29) is 12.0 Å². The van der Waals surface area contributed by atoms with E-state index < -0.39 is 0 Å². The number of rotatable bonds is 5. The lowest BCUT2D eigenvalue weighted by molar-refractivity contribution is -0.0592. The molecular formula is C20H23N3O3. The number of hydrogen-bond acceptors (Lipinski definition) is 5. The number of benzene rings is 2. The van der Waals surface area contributed by atoms with Gasteiger partial charge in [0.2, 0.25) is 0 Å². The third-order valence-corrected chi connectivity index (χ3v) is 4.94. The summed E-state index contributed by atoms with van der Waals surface area (Å²) < 4.78 is 11.3. The van der Waals surface area contributed by atoms with Crippen molar-refractivity contribution in [3.8, 4) is 5.75 Å². The van der Waals surface area contributed by atoms with Gasteiger partial charge in [0, 0.05) is 18.7 Å². The predicted molar refractivity (Wildman–Crippen MR) is 100 cm³/mol. The van der Waals surface area contributed by atoms with E-state index in [9.17, 15) is 4.79 Å². The van der Waals surface area contributed by atoms with E-state index in [0.29, 0.717) is 23.0 Å². The molecule has 0 unspecified atom stereocenters. The van der Waals surface area contributed by atoms with Crippen LogP contribution in [0.3, 0.4) is 0 Å². The quantitative estimate of drug-likeness (QED) is 0.807. The van der Waals surface area contributed by atoms with Gasteiger partial charge in [-0.2, -0.15) is 0 Å². The fourth-order valence-corrected chi connectivity index (χ4v) is 3.30. The Morgan fingerprint density at radius 3 is 2.62 bits per heavy atom. The molecule has 2 saturated heterocycles. The fourth-order valence-electron chi connectivity index (χ4n) is 3.30.